The quantitative estimate of drug-likeness (QED) is 0.333. The third kappa shape index (κ3) is 2.97. The van der Waals surface area contributed by atoms with Crippen LogP contribution in [0.1, 0.15) is 6.92 Å². The average molecular weight is 140 g/mol. The zero-order valence-electron chi connectivity index (χ0n) is 5.80. The highest BCUT2D eigenvalue weighted by Crippen LogP contribution is 2.02. The topological polar surface area (TPSA) is 17.1 Å². The summed E-state index contributed by atoms with van der Waals surface area (Å²) in [6, 6.07) is 0. The van der Waals surface area contributed by atoms with Gasteiger partial charge in [-0.3, -0.25) is 4.79 Å². The molecule has 0 aliphatic rings. The van der Waals surface area contributed by atoms with Crippen LogP contribution in [0.3, 0.4) is 0 Å². The van der Waals surface area contributed by atoms with Crippen molar-refractivity contribution in [2.75, 3.05) is 0 Å². The second-order valence-corrected chi connectivity index (χ2v) is 1.64. The molecular formula is C8H9FO. The Balaban J connectivity index is 4.39. The molecule has 0 bridgehead atoms. The van der Waals surface area contributed by atoms with Crippen LogP contribution in [0.5, 0.6) is 0 Å². The first-order valence-electron chi connectivity index (χ1n) is 2.85. The predicted octanol–water partition coefficient (Wildman–Crippen LogP) is 2.17. The van der Waals surface area contributed by atoms with Crippen molar-refractivity contribution < 1.29 is 9.18 Å². The summed E-state index contributed by atoms with van der Waals surface area (Å²) in [5.74, 6) is -0.429. The van der Waals surface area contributed by atoms with Gasteiger partial charge < -0.3 is 0 Å². The number of carbonyl (C=O) groups excluding carboxylic acids is 1. The summed E-state index contributed by atoms with van der Waals surface area (Å²) in [5.41, 5.74) is 0.246. The minimum atomic E-state index is -0.429. The Labute approximate surface area is 59.6 Å². The number of hydrogen-bond donors (Lipinski definition) is 0. The molecule has 0 atom stereocenters. The van der Waals surface area contributed by atoms with Gasteiger partial charge in [0.15, 0.2) is 0 Å². The first kappa shape index (κ1) is 8.82. The van der Waals surface area contributed by atoms with Gasteiger partial charge in [-0.2, -0.15) is 0 Å². The highest BCUT2D eigenvalue weighted by molar-refractivity contribution is 5.77. The van der Waals surface area contributed by atoms with Crippen molar-refractivity contribution in [2.45, 2.75) is 6.92 Å². The molecule has 0 aromatic heterocycles. The number of carbonyl (C=O) groups is 1. The highest BCUT2D eigenvalue weighted by atomic mass is 19.1. The fourth-order valence-electron chi connectivity index (χ4n) is 0.384. The molecule has 0 aliphatic carbocycles. The van der Waals surface area contributed by atoms with Gasteiger partial charge in [0, 0.05) is 5.57 Å². The molecule has 0 aromatic rings. The van der Waals surface area contributed by atoms with Crippen LogP contribution in [-0.4, -0.2) is 6.29 Å². The van der Waals surface area contributed by atoms with E-state index in [1.165, 1.54) is 12.2 Å². The number of rotatable bonds is 3. The van der Waals surface area contributed by atoms with Crippen LogP contribution in [0.4, 0.5) is 4.39 Å². The van der Waals surface area contributed by atoms with E-state index < -0.39 is 5.83 Å². The van der Waals surface area contributed by atoms with E-state index in [1.807, 2.05) is 0 Å². The van der Waals surface area contributed by atoms with Crippen LogP contribution in [0, 0.1) is 0 Å². The van der Waals surface area contributed by atoms with Gasteiger partial charge in [0.25, 0.3) is 0 Å². The SMILES string of the molecule is C=C/C(C=O)=C\C(F)=C/C. The maximum absolute atomic E-state index is 12.3. The number of hydrogen-bond acceptors (Lipinski definition) is 1. The van der Waals surface area contributed by atoms with E-state index >= 15 is 0 Å². The molecule has 0 aliphatic heterocycles. The zero-order valence-corrected chi connectivity index (χ0v) is 5.80. The molecule has 54 valence electrons. The molecule has 0 saturated carbocycles. The zero-order chi connectivity index (χ0) is 7.98. The molecule has 10 heavy (non-hydrogen) atoms. The van der Waals surface area contributed by atoms with E-state index in [4.69, 9.17) is 0 Å². The Hall–Kier alpha value is -1.18. The summed E-state index contributed by atoms with van der Waals surface area (Å²) in [4.78, 5) is 10.1. The molecule has 0 radical (unpaired) electrons. The van der Waals surface area contributed by atoms with Gasteiger partial charge in [-0.05, 0) is 13.0 Å². The molecule has 2 heteroatoms. The third-order valence-electron chi connectivity index (χ3n) is 0.952. The minimum Gasteiger partial charge on any atom is -0.298 e. The molecule has 0 saturated heterocycles. The Morgan fingerprint density at radius 1 is 1.60 bits per heavy atom. The van der Waals surface area contributed by atoms with Crippen LogP contribution in [-0.2, 0) is 4.79 Å². The molecule has 0 amide bonds. The Morgan fingerprint density at radius 3 is 2.50 bits per heavy atom. The van der Waals surface area contributed by atoms with Crippen molar-refractivity contribution in [1.29, 1.82) is 0 Å². The van der Waals surface area contributed by atoms with Gasteiger partial charge in [-0.25, -0.2) is 4.39 Å². The summed E-state index contributed by atoms with van der Waals surface area (Å²) >= 11 is 0. The molecule has 1 nitrogen and oxygen atoms in total. The lowest BCUT2D eigenvalue weighted by Crippen LogP contribution is -1.77. The fraction of sp³-hybridized carbons (Fsp3) is 0.125. The Bertz CT molecular complexity index is 179. The smallest absolute Gasteiger partial charge is 0.150 e. The van der Waals surface area contributed by atoms with Crippen molar-refractivity contribution in [2.24, 2.45) is 0 Å². The Morgan fingerprint density at radius 2 is 2.20 bits per heavy atom. The first-order chi connectivity index (χ1) is 4.74. The maximum atomic E-state index is 12.3. The highest BCUT2D eigenvalue weighted by Gasteiger charge is 1.89. The summed E-state index contributed by atoms with van der Waals surface area (Å²) in [7, 11) is 0. The van der Waals surface area contributed by atoms with Crippen LogP contribution in [0.15, 0.2) is 36.2 Å². The average Bonchev–Trinajstić information content (AvgIpc) is 1.99. The molecule has 0 spiro atoms. The second-order valence-electron chi connectivity index (χ2n) is 1.64. The number of halogens is 1. The van der Waals surface area contributed by atoms with Gasteiger partial charge in [0.05, 0.1) is 0 Å². The molecule has 0 unspecified atom stereocenters. The van der Waals surface area contributed by atoms with Crippen LogP contribution < -0.4 is 0 Å². The van der Waals surface area contributed by atoms with E-state index in [2.05, 4.69) is 6.58 Å². The van der Waals surface area contributed by atoms with E-state index in [0.717, 1.165) is 6.08 Å². The van der Waals surface area contributed by atoms with Crippen molar-refractivity contribution in [1.82, 2.24) is 0 Å². The van der Waals surface area contributed by atoms with Crippen molar-refractivity contribution >= 4 is 6.29 Å². The molecule has 0 heterocycles. The lowest BCUT2D eigenvalue weighted by Gasteiger charge is -1.86. The van der Waals surface area contributed by atoms with Gasteiger partial charge in [-0.1, -0.05) is 18.7 Å². The van der Waals surface area contributed by atoms with E-state index in [9.17, 15) is 9.18 Å². The van der Waals surface area contributed by atoms with Crippen molar-refractivity contribution in [3.05, 3.63) is 36.2 Å². The first-order valence-corrected chi connectivity index (χ1v) is 2.85. The lowest BCUT2D eigenvalue weighted by atomic mass is 10.2. The van der Waals surface area contributed by atoms with E-state index in [1.54, 1.807) is 6.92 Å². The van der Waals surface area contributed by atoms with E-state index in [-0.39, 0.29) is 5.57 Å². The minimum absolute atomic E-state index is 0.246. The number of allylic oxidation sites excluding steroid dienone is 5. The summed E-state index contributed by atoms with van der Waals surface area (Å²) in [6.07, 6.45) is 4.25. The van der Waals surface area contributed by atoms with Crippen LogP contribution in [0.25, 0.3) is 0 Å². The van der Waals surface area contributed by atoms with Gasteiger partial charge >= 0.3 is 0 Å². The normalized spacial score (nSPS) is 13.0. The monoisotopic (exact) mass is 140 g/mol. The third-order valence-corrected chi connectivity index (χ3v) is 0.952. The summed E-state index contributed by atoms with van der Waals surface area (Å²) in [6.45, 7) is 4.88. The Kier molecular flexibility index (Phi) is 4.12. The molecule has 0 aromatic carbocycles. The van der Waals surface area contributed by atoms with Crippen LogP contribution >= 0.6 is 0 Å². The molecular weight excluding hydrogens is 131 g/mol. The largest absolute Gasteiger partial charge is 0.298 e. The van der Waals surface area contributed by atoms with E-state index in [0.29, 0.717) is 6.29 Å². The maximum Gasteiger partial charge on any atom is 0.150 e. The fourth-order valence-corrected chi connectivity index (χ4v) is 0.384. The number of aldehydes is 1. The van der Waals surface area contributed by atoms with Gasteiger partial charge in [0.1, 0.15) is 12.1 Å². The second kappa shape index (κ2) is 4.68. The van der Waals surface area contributed by atoms with Crippen molar-refractivity contribution in [3.8, 4) is 0 Å². The molecule has 0 N–H and O–H groups in total. The summed E-state index contributed by atoms with van der Waals surface area (Å²) in [5, 5.41) is 0. The lowest BCUT2D eigenvalue weighted by molar-refractivity contribution is -0.104. The van der Waals surface area contributed by atoms with Crippen molar-refractivity contribution in [3.63, 3.8) is 0 Å². The molecule has 0 rings (SSSR count). The standard InChI is InChI=1S/C8H9FO/c1-3-7(6-10)5-8(9)4-2/h3-6H,1H2,2H3/b7-5+,8-4+. The van der Waals surface area contributed by atoms with Gasteiger partial charge in [-0.15, -0.1) is 0 Å². The molecule has 0 fully saturated rings. The predicted molar refractivity (Wildman–Crippen MR) is 39.2 cm³/mol. The summed E-state index contributed by atoms with van der Waals surface area (Å²) < 4.78 is 12.3. The van der Waals surface area contributed by atoms with Crippen LogP contribution in [0.2, 0.25) is 0 Å². The van der Waals surface area contributed by atoms with Gasteiger partial charge in [0.2, 0.25) is 0 Å².